The Hall–Kier alpha value is -1.59. The van der Waals surface area contributed by atoms with Crippen molar-refractivity contribution in [1.29, 1.82) is 0 Å². The summed E-state index contributed by atoms with van der Waals surface area (Å²) in [7, 11) is 1.72. The van der Waals surface area contributed by atoms with E-state index in [0.29, 0.717) is 6.42 Å². The topological polar surface area (TPSA) is 61.4 Å². The molecule has 2 N–H and O–H groups in total. The van der Waals surface area contributed by atoms with Gasteiger partial charge in [0.15, 0.2) is 0 Å². The highest BCUT2D eigenvalue weighted by molar-refractivity contribution is 5.96. The first-order chi connectivity index (χ1) is 9.20. The minimum Gasteiger partial charge on any atom is -0.325 e. The molecule has 0 atom stereocenters. The second-order valence-corrected chi connectivity index (χ2v) is 4.63. The summed E-state index contributed by atoms with van der Waals surface area (Å²) in [4.78, 5) is 25.2. The number of hydrogen-bond donors (Lipinski definition) is 2. The fraction of sp³-hybridized carbons (Fsp3) is 0.429. The number of nitrogens with zero attached hydrogens (tertiary/aromatic N) is 1. The van der Waals surface area contributed by atoms with Crippen molar-refractivity contribution in [1.82, 2.24) is 5.32 Å². The smallest absolute Gasteiger partial charge is 0.238 e. The first kappa shape index (κ1) is 16.5. The minimum absolute atomic E-state index is 0. The standard InChI is InChI=1S/C14H19N3O2.ClH/c1-15-10-13(18)16-11-5-4-6-12(9-11)17-8-3-2-7-14(17)19;/h4-6,9,15H,2-3,7-8,10H2,1H3,(H,16,18);1H. The van der Waals surface area contributed by atoms with E-state index in [4.69, 9.17) is 0 Å². The van der Waals surface area contributed by atoms with Crippen LogP contribution in [0, 0.1) is 0 Å². The van der Waals surface area contributed by atoms with Crippen molar-refractivity contribution in [3.8, 4) is 0 Å². The van der Waals surface area contributed by atoms with Crippen LogP contribution < -0.4 is 15.5 Å². The molecule has 1 heterocycles. The number of rotatable bonds is 4. The number of halogens is 1. The number of anilines is 2. The number of carbonyl (C=O) groups is 2. The predicted molar refractivity (Wildman–Crippen MR) is 82.5 cm³/mol. The van der Waals surface area contributed by atoms with Crippen LogP contribution in [0.3, 0.4) is 0 Å². The van der Waals surface area contributed by atoms with Crippen LogP contribution in [0.1, 0.15) is 19.3 Å². The van der Waals surface area contributed by atoms with E-state index in [0.717, 1.165) is 30.8 Å². The van der Waals surface area contributed by atoms with E-state index in [1.165, 1.54) is 0 Å². The number of hydrogen-bond acceptors (Lipinski definition) is 3. The van der Waals surface area contributed by atoms with Crippen molar-refractivity contribution < 1.29 is 9.59 Å². The molecule has 2 amide bonds. The Morgan fingerprint density at radius 2 is 2.15 bits per heavy atom. The molecule has 1 aromatic carbocycles. The lowest BCUT2D eigenvalue weighted by molar-refractivity contribution is -0.119. The van der Waals surface area contributed by atoms with Gasteiger partial charge in [0.1, 0.15) is 0 Å². The van der Waals surface area contributed by atoms with Crippen molar-refractivity contribution in [2.24, 2.45) is 0 Å². The molecule has 2 rings (SSSR count). The molecule has 0 unspecified atom stereocenters. The Kier molecular flexibility index (Phi) is 6.48. The summed E-state index contributed by atoms with van der Waals surface area (Å²) in [5.74, 6) is 0.0644. The van der Waals surface area contributed by atoms with E-state index in [1.807, 2.05) is 24.3 Å². The maximum Gasteiger partial charge on any atom is 0.238 e. The molecule has 1 aromatic rings. The third kappa shape index (κ3) is 4.21. The van der Waals surface area contributed by atoms with Gasteiger partial charge in [0.2, 0.25) is 11.8 Å². The van der Waals surface area contributed by atoms with Crippen LogP contribution in [0.25, 0.3) is 0 Å². The van der Waals surface area contributed by atoms with Crippen LogP contribution in [0.15, 0.2) is 24.3 Å². The molecule has 0 saturated carbocycles. The van der Waals surface area contributed by atoms with Gasteiger partial charge in [-0.05, 0) is 38.1 Å². The molecular weight excluding hydrogens is 278 g/mol. The highest BCUT2D eigenvalue weighted by Gasteiger charge is 2.19. The molecule has 0 bridgehead atoms. The fourth-order valence-electron chi connectivity index (χ4n) is 2.20. The Labute approximate surface area is 125 Å². The molecule has 1 fully saturated rings. The molecule has 0 radical (unpaired) electrons. The zero-order chi connectivity index (χ0) is 13.7. The van der Waals surface area contributed by atoms with Gasteiger partial charge >= 0.3 is 0 Å². The first-order valence-corrected chi connectivity index (χ1v) is 6.55. The average molecular weight is 298 g/mol. The van der Waals surface area contributed by atoms with Gasteiger partial charge in [0.25, 0.3) is 0 Å². The number of piperidine rings is 1. The van der Waals surface area contributed by atoms with Gasteiger partial charge in [-0.3, -0.25) is 9.59 Å². The predicted octanol–water partition coefficient (Wildman–Crippen LogP) is 1.78. The van der Waals surface area contributed by atoms with Gasteiger partial charge in [-0.2, -0.15) is 0 Å². The van der Waals surface area contributed by atoms with Crippen LogP contribution in [0.4, 0.5) is 11.4 Å². The van der Waals surface area contributed by atoms with Gasteiger partial charge < -0.3 is 15.5 Å². The van der Waals surface area contributed by atoms with Crippen LogP contribution in [-0.2, 0) is 9.59 Å². The van der Waals surface area contributed by atoms with E-state index in [2.05, 4.69) is 10.6 Å². The Morgan fingerprint density at radius 3 is 2.85 bits per heavy atom. The summed E-state index contributed by atoms with van der Waals surface area (Å²) in [5.41, 5.74) is 1.57. The Bertz CT molecular complexity index is 479. The molecule has 1 aliphatic rings. The summed E-state index contributed by atoms with van der Waals surface area (Å²) in [6.07, 6.45) is 2.60. The van der Waals surface area contributed by atoms with Crippen LogP contribution in [0.2, 0.25) is 0 Å². The quantitative estimate of drug-likeness (QED) is 0.890. The van der Waals surface area contributed by atoms with Gasteiger partial charge in [-0.25, -0.2) is 0 Å². The second kappa shape index (κ2) is 7.87. The second-order valence-electron chi connectivity index (χ2n) is 4.63. The summed E-state index contributed by atoms with van der Waals surface area (Å²) in [6, 6.07) is 7.42. The summed E-state index contributed by atoms with van der Waals surface area (Å²) in [6.45, 7) is 1.03. The lowest BCUT2D eigenvalue weighted by atomic mass is 10.1. The highest BCUT2D eigenvalue weighted by atomic mass is 35.5. The average Bonchev–Trinajstić information content (AvgIpc) is 2.40. The Morgan fingerprint density at radius 1 is 1.35 bits per heavy atom. The zero-order valence-corrected chi connectivity index (χ0v) is 12.3. The van der Waals surface area contributed by atoms with Crippen molar-refractivity contribution in [2.45, 2.75) is 19.3 Å². The van der Waals surface area contributed by atoms with E-state index in [-0.39, 0.29) is 30.8 Å². The van der Waals surface area contributed by atoms with E-state index in [1.54, 1.807) is 11.9 Å². The first-order valence-electron chi connectivity index (χ1n) is 6.55. The molecular formula is C14H20ClN3O2. The zero-order valence-electron chi connectivity index (χ0n) is 11.5. The molecule has 1 saturated heterocycles. The van der Waals surface area contributed by atoms with Crippen molar-refractivity contribution in [3.05, 3.63) is 24.3 Å². The lowest BCUT2D eigenvalue weighted by Gasteiger charge is -2.27. The van der Waals surface area contributed by atoms with Crippen LogP contribution in [-0.4, -0.2) is 32.0 Å². The molecule has 5 nitrogen and oxygen atoms in total. The van der Waals surface area contributed by atoms with Crippen LogP contribution in [0.5, 0.6) is 0 Å². The van der Waals surface area contributed by atoms with Gasteiger partial charge in [0.05, 0.1) is 6.54 Å². The van der Waals surface area contributed by atoms with Crippen molar-refractivity contribution in [2.75, 3.05) is 30.4 Å². The van der Waals surface area contributed by atoms with E-state index < -0.39 is 0 Å². The molecule has 110 valence electrons. The van der Waals surface area contributed by atoms with Crippen LogP contribution >= 0.6 is 12.4 Å². The molecule has 20 heavy (non-hydrogen) atoms. The lowest BCUT2D eigenvalue weighted by Crippen LogP contribution is -2.35. The minimum atomic E-state index is -0.0929. The highest BCUT2D eigenvalue weighted by Crippen LogP contribution is 2.23. The molecule has 0 spiro atoms. The maximum absolute atomic E-state index is 11.9. The number of amides is 2. The number of nitrogens with one attached hydrogen (secondary N) is 2. The van der Waals surface area contributed by atoms with Gasteiger partial charge in [-0.1, -0.05) is 6.07 Å². The van der Waals surface area contributed by atoms with Crippen molar-refractivity contribution >= 4 is 35.6 Å². The van der Waals surface area contributed by atoms with Gasteiger partial charge in [0, 0.05) is 24.3 Å². The summed E-state index contributed by atoms with van der Waals surface area (Å²) in [5, 5.41) is 5.59. The Balaban J connectivity index is 0.00000200. The maximum atomic E-state index is 11.9. The fourth-order valence-corrected chi connectivity index (χ4v) is 2.20. The molecule has 0 aromatic heterocycles. The van der Waals surface area contributed by atoms with Gasteiger partial charge in [-0.15, -0.1) is 12.4 Å². The third-order valence-corrected chi connectivity index (χ3v) is 3.10. The molecule has 6 heteroatoms. The number of benzene rings is 1. The normalized spacial score (nSPS) is 14.7. The third-order valence-electron chi connectivity index (χ3n) is 3.10. The SMILES string of the molecule is CNCC(=O)Nc1cccc(N2CCCCC2=O)c1.Cl. The molecule has 0 aliphatic carbocycles. The largest absolute Gasteiger partial charge is 0.325 e. The number of carbonyl (C=O) groups excluding carboxylic acids is 2. The van der Waals surface area contributed by atoms with E-state index in [9.17, 15) is 9.59 Å². The van der Waals surface area contributed by atoms with Crippen molar-refractivity contribution in [3.63, 3.8) is 0 Å². The monoisotopic (exact) mass is 297 g/mol. The van der Waals surface area contributed by atoms with E-state index >= 15 is 0 Å². The summed E-state index contributed by atoms with van der Waals surface area (Å²) >= 11 is 0. The number of likely N-dealkylation sites (N-methyl/N-ethyl adjacent to an activating group) is 1. The summed E-state index contributed by atoms with van der Waals surface area (Å²) < 4.78 is 0. The molecule has 1 aliphatic heterocycles.